The van der Waals surface area contributed by atoms with Gasteiger partial charge in [-0.2, -0.15) is 0 Å². The number of nitrogens with one attached hydrogen (secondary N) is 1. The zero-order chi connectivity index (χ0) is 20.7. The van der Waals surface area contributed by atoms with Gasteiger partial charge in [0.05, 0.1) is 28.5 Å². The first-order valence-electron chi connectivity index (χ1n) is 9.83. The van der Waals surface area contributed by atoms with E-state index in [9.17, 15) is 0 Å². The predicted octanol–water partition coefficient (Wildman–Crippen LogP) is 5.52. The number of aryl methyl sites for hydroxylation is 1. The molecule has 1 N–H and O–H groups in total. The number of hydrogen-bond donors (Lipinski definition) is 1. The Hall–Kier alpha value is -2.37. The fourth-order valence-electron chi connectivity index (χ4n) is 4.34. The minimum Gasteiger partial charge on any atom is -0.352 e. The van der Waals surface area contributed by atoms with Crippen LogP contribution in [0.3, 0.4) is 0 Å². The lowest BCUT2D eigenvalue weighted by molar-refractivity contribution is 0.269. The zero-order valence-corrected chi connectivity index (χ0v) is 18.6. The molecule has 1 aromatic carbocycles. The molecule has 0 saturated carbocycles. The van der Waals surface area contributed by atoms with Crippen molar-refractivity contribution in [3.05, 3.63) is 82.4 Å². The van der Waals surface area contributed by atoms with E-state index >= 15 is 0 Å². The van der Waals surface area contributed by atoms with Gasteiger partial charge in [-0.05, 0) is 75.8 Å². The summed E-state index contributed by atoms with van der Waals surface area (Å²) in [4.78, 5) is 6.90. The summed E-state index contributed by atoms with van der Waals surface area (Å²) in [6.07, 6.45) is 1.84. The van der Waals surface area contributed by atoms with Crippen LogP contribution in [0.4, 0.5) is 0 Å². The lowest BCUT2D eigenvalue weighted by Crippen LogP contribution is -2.35. The normalized spacial score (nSPS) is 19.1. The average molecular weight is 425 g/mol. The molecule has 1 saturated heterocycles. The van der Waals surface area contributed by atoms with E-state index in [2.05, 4.69) is 65.7 Å². The van der Waals surface area contributed by atoms with Crippen LogP contribution in [0.15, 0.2) is 54.7 Å². The summed E-state index contributed by atoms with van der Waals surface area (Å²) in [5.41, 5.74) is 5.53. The van der Waals surface area contributed by atoms with Crippen molar-refractivity contribution in [3.8, 4) is 5.69 Å². The van der Waals surface area contributed by atoms with Crippen molar-refractivity contribution < 1.29 is 0 Å². The van der Waals surface area contributed by atoms with Gasteiger partial charge in [-0.3, -0.25) is 4.98 Å². The van der Waals surface area contributed by atoms with Crippen molar-refractivity contribution >= 4 is 28.9 Å². The fraction of sp³-hybridized carbons (Fsp3) is 0.304. The van der Waals surface area contributed by atoms with Crippen LogP contribution < -0.4 is 5.32 Å². The van der Waals surface area contributed by atoms with E-state index in [4.69, 9.17) is 23.8 Å². The number of thiocarbonyl (C=S) groups is 1. The molecule has 150 valence electrons. The molecule has 4 rings (SSSR count). The molecular formula is C23H25ClN4S. The van der Waals surface area contributed by atoms with Crippen LogP contribution in [-0.2, 0) is 0 Å². The van der Waals surface area contributed by atoms with Crippen molar-refractivity contribution in [3.63, 3.8) is 0 Å². The Kier molecular flexibility index (Phi) is 5.36. The van der Waals surface area contributed by atoms with Crippen LogP contribution in [-0.4, -0.2) is 25.6 Å². The summed E-state index contributed by atoms with van der Waals surface area (Å²) < 4.78 is 2.23. The molecule has 3 aromatic rings. The van der Waals surface area contributed by atoms with Gasteiger partial charge in [0.1, 0.15) is 0 Å². The van der Waals surface area contributed by atoms with Gasteiger partial charge in [0.25, 0.3) is 0 Å². The first-order chi connectivity index (χ1) is 13.9. The first-order valence-corrected chi connectivity index (χ1v) is 10.6. The molecule has 2 aromatic heterocycles. The summed E-state index contributed by atoms with van der Waals surface area (Å²) in [5.74, 6) is 0. The predicted molar refractivity (Wildman–Crippen MR) is 123 cm³/mol. The molecule has 1 fully saturated rings. The van der Waals surface area contributed by atoms with Crippen LogP contribution in [0.1, 0.15) is 48.6 Å². The Morgan fingerprint density at radius 2 is 1.83 bits per heavy atom. The van der Waals surface area contributed by atoms with Crippen molar-refractivity contribution in [1.82, 2.24) is 19.8 Å². The van der Waals surface area contributed by atoms with E-state index < -0.39 is 0 Å². The summed E-state index contributed by atoms with van der Waals surface area (Å²) >= 11 is 12.3. The van der Waals surface area contributed by atoms with Crippen LogP contribution in [0.5, 0.6) is 0 Å². The number of pyridine rings is 1. The van der Waals surface area contributed by atoms with Crippen molar-refractivity contribution in [2.45, 2.75) is 45.8 Å². The van der Waals surface area contributed by atoms with Crippen molar-refractivity contribution in [2.24, 2.45) is 0 Å². The van der Waals surface area contributed by atoms with Gasteiger partial charge >= 0.3 is 0 Å². The molecule has 4 nitrogen and oxygen atoms in total. The number of halogens is 1. The average Bonchev–Trinajstić information content (AvgIpc) is 3.19. The number of benzene rings is 1. The monoisotopic (exact) mass is 424 g/mol. The van der Waals surface area contributed by atoms with E-state index in [1.165, 1.54) is 11.3 Å². The maximum Gasteiger partial charge on any atom is 0.170 e. The second kappa shape index (κ2) is 7.81. The first kappa shape index (κ1) is 19.9. The molecule has 3 heterocycles. The van der Waals surface area contributed by atoms with Gasteiger partial charge in [-0.15, -0.1) is 0 Å². The molecule has 0 unspecified atom stereocenters. The Bertz CT molecular complexity index is 1040. The molecule has 29 heavy (non-hydrogen) atoms. The maximum absolute atomic E-state index is 6.52. The van der Waals surface area contributed by atoms with Crippen LogP contribution >= 0.6 is 23.8 Å². The summed E-state index contributed by atoms with van der Waals surface area (Å²) in [6.45, 7) is 8.63. The molecule has 0 aliphatic carbocycles. The van der Waals surface area contributed by atoms with Crippen LogP contribution in [0.25, 0.3) is 5.69 Å². The molecule has 0 spiro atoms. The van der Waals surface area contributed by atoms with Gasteiger partial charge in [0.2, 0.25) is 0 Å². The molecular weight excluding hydrogens is 400 g/mol. The van der Waals surface area contributed by atoms with Crippen LogP contribution in [0, 0.1) is 13.8 Å². The third-order valence-corrected chi connectivity index (χ3v) is 6.22. The highest BCUT2D eigenvalue weighted by atomic mass is 35.5. The highest BCUT2D eigenvalue weighted by Gasteiger charge is 2.42. The second-order valence-electron chi connectivity index (χ2n) is 7.74. The highest BCUT2D eigenvalue weighted by Crippen LogP contribution is 2.42. The fourth-order valence-corrected chi connectivity index (χ4v) is 5.02. The topological polar surface area (TPSA) is 33.1 Å². The highest BCUT2D eigenvalue weighted by molar-refractivity contribution is 7.80. The van der Waals surface area contributed by atoms with E-state index in [-0.39, 0.29) is 18.1 Å². The lowest BCUT2D eigenvalue weighted by Gasteiger charge is -2.31. The van der Waals surface area contributed by atoms with Crippen molar-refractivity contribution in [2.75, 3.05) is 0 Å². The third-order valence-electron chi connectivity index (χ3n) is 5.57. The van der Waals surface area contributed by atoms with Crippen LogP contribution in [0.2, 0.25) is 5.02 Å². The molecule has 2 atom stereocenters. The number of nitrogens with zero attached hydrogens (tertiary/aromatic N) is 3. The summed E-state index contributed by atoms with van der Waals surface area (Å²) in [6, 6.07) is 16.5. The number of hydrogen-bond acceptors (Lipinski definition) is 2. The number of rotatable bonds is 4. The molecule has 1 aliphatic rings. The molecule has 0 radical (unpaired) electrons. The van der Waals surface area contributed by atoms with Crippen molar-refractivity contribution in [1.29, 1.82) is 0 Å². The van der Waals surface area contributed by atoms with E-state index in [1.807, 2.05) is 36.5 Å². The zero-order valence-electron chi connectivity index (χ0n) is 17.1. The third kappa shape index (κ3) is 3.43. The molecule has 0 bridgehead atoms. The Morgan fingerprint density at radius 3 is 2.48 bits per heavy atom. The minimum atomic E-state index is -0.00806. The summed E-state index contributed by atoms with van der Waals surface area (Å²) in [5, 5.41) is 5.02. The van der Waals surface area contributed by atoms with E-state index in [1.54, 1.807) is 0 Å². The Labute approximate surface area is 182 Å². The van der Waals surface area contributed by atoms with Gasteiger partial charge in [-0.25, -0.2) is 0 Å². The molecule has 6 heteroatoms. The minimum absolute atomic E-state index is 0.00806. The SMILES string of the molecule is Cc1cc([C@H]2[C@@H](c3ccccn3)NC(=S)N2C(C)C)c(C)n1-c1ccccc1Cl. The van der Waals surface area contributed by atoms with Gasteiger partial charge in [0, 0.05) is 23.6 Å². The largest absolute Gasteiger partial charge is 0.352 e. The van der Waals surface area contributed by atoms with E-state index in [0.29, 0.717) is 0 Å². The molecule has 1 aliphatic heterocycles. The quantitative estimate of drug-likeness (QED) is 0.558. The Balaban J connectivity index is 1.88. The smallest absolute Gasteiger partial charge is 0.170 e. The van der Waals surface area contributed by atoms with Gasteiger partial charge < -0.3 is 14.8 Å². The summed E-state index contributed by atoms with van der Waals surface area (Å²) in [7, 11) is 0. The maximum atomic E-state index is 6.52. The Morgan fingerprint density at radius 1 is 1.10 bits per heavy atom. The lowest BCUT2D eigenvalue weighted by atomic mass is 9.96. The molecule has 0 amide bonds. The second-order valence-corrected chi connectivity index (χ2v) is 8.53. The van der Waals surface area contributed by atoms with Gasteiger partial charge in [0.15, 0.2) is 5.11 Å². The number of aromatic nitrogens is 2. The number of para-hydroxylation sites is 1. The van der Waals surface area contributed by atoms with E-state index in [0.717, 1.165) is 27.2 Å². The van der Waals surface area contributed by atoms with Gasteiger partial charge in [-0.1, -0.05) is 29.8 Å². The standard InChI is InChI=1S/C23H25ClN4S/c1-14(2)27-22(21(26-23(27)29)19-10-7-8-12-25-19)17-13-15(3)28(16(17)4)20-11-6-5-9-18(20)24/h5-14,21-22H,1-4H3,(H,26,29)/t21-,22+/m1/s1.